The molecule has 5 heteroatoms. The van der Waals surface area contributed by atoms with Crippen LogP contribution < -0.4 is 0 Å². The molecule has 15 heavy (non-hydrogen) atoms. The molecule has 90 valence electrons. The van der Waals surface area contributed by atoms with Crippen LogP contribution in [0.25, 0.3) is 0 Å². The molecule has 0 radical (unpaired) electrons. The lowest BCUT2D eigenvalue weighted by atomic mass is 10.1. The smallest absolute Gasteiger partial charge is 0.132 e. The van der Waals surface area contributed by atoms with Gasteiger partial charge in [0, 0.05) is 21.3 Å². The van der Waals surface area contributed by atoms with Gasteiger partial charge < -0.3 is 18.9 Å². The van der Waals surface area contributed by atoms with Crippen molar-refractivity contribution < 1.29 is 18.9 Å². The highest BCUT2D eigenvalue weighted by atomic mass is 32.2. The number of hydrogen-bond donors (Lipinski definition) is 0. The minimum Gasteiger partial charge on any atom is -0.376 e. The van der Waals surface area contributed by atoms with Gasteiger partial charge in [0.2, 0.25) is 0 Å². The minimum absolute atomic E-state index is 0.0383. The van der Waals surface area contributed by atoms with Gasteiger partial charge >= 0.3 is 0 Å². The quantitative estimate of drug-likeness (QED) is 0.715. The maximum Gasteiger partial charge on any atom is 0.132 e. The lowest BCUT2D eigenvalue weighted by Crippen LogP contribution is -2.54. The lowest BCUT2D eigenvalue weighted by Gasteiger charge is -2.40. The first kappa shape index (κ1) is 13.3. The van der Waals surface area contributed by atoms with Crippen LogP contribution in [0.5, 0.6) is 0 Å². The molecule has 0 amide bonds. The third kappa shape index (κ3) is 3.07. The summed E-state index contributed by atoms with van der Waals surface area (Å²) in [7, 11) is 5.03. The Morgan fingerprint density at radius 2 is 1.80 bits per heavy atom. The average molecular weight is 236 g/mol. The molecular formula is C10H20O4S. The van der Waals surface area contributed by atoms with E-state index in [4.69, 9.17) is 18.9 Å². The Morgan fingerprint density at radius 1 is 1.13 bits per heavy atom. The summed E-state index contributed by atoms with van der Waals surface area (Å²) in [5.41, 5.74) is 0.0383. The summed E-state index contributed by atoms with van der Waals surface area (Å²) in [5, 5.41) is 0. The van der Waals surface area contributed by atoms with Gasteiger partial charge in [-0.05, 0) is 5.75 Å². The number of thioether (sulfide) groups is 1. The van der Waals surface area contributed by atoms with Crippen molar-refractivity contribution >= 4 is 11.8 Å². The molecule has 1 heterocycles. The maximum atomic E-state index is 5.69. The highest BCUT2D eigenvalue weighted by Crippen LogP contribution is 2.28. The summed E-state index contributed by atoms with van der Waals surface area (Å²) in [4.78, 5) is 0. The van der Waals surface area contributed by atoms with Crippen LogP contribution in [-0.2, 0) is 18.9 Å². The Balaban J connectivity index is 2.65. The van der Waals surface area contributed by atoms with E-state index in [1.54, 1.807) is 33.1 Å². The summed E-state index contributed by atoms with van der Waals surface area (Å²) in [6.07, 6.45) is -0.176. The molecule has 4 atom stereocenters. The number of hydrogen-bond acceptors (Lipinski definition) is 5. The molecule has 4 nitrogen and oxygen atoms in total. The van der Waals surface area contributed by atoms with E-state index in [1.165, 1.54) is 0 Å². The van der Waals surface area contributed by atoms with Crippen LogP contribution in [0.3, 0.4) is 0 Å². The highest BCUT2D eigenvalue weighted by molar-refractivity contribution is 7.99. The maximum absolute atomic E-state index is 5.69. The Bertz CT molecular complexity index is 179. The van der Waals surface area contributed by atoms with Crippen molar-refractivity contribution in [2.45, 2.75) is 30.7 Å². The molecule has 0 aliphatic carbocycles. The van der Waals surface area contributed by atoms with Gasteiger partial charge in [-0.1, -0.05) is 6.92 Å². The van der Waals surface area contributed by atoms with Crippen molar-refractivity contribution in [3.63, 3.8) is 0 Å². The molecule has 0 unspecified atom stereocenters. The van der Waals surface area contributed by atoms with E-state index >= 15 is 0 Å². The fourth-order valence-corrected chi connectivity index (χ4v) is 2.75. The van der Waals surface area contributed by atoms with E-state index in [-0.39, 0.29) is 23.7 Å². The first-order valence-corrected chi connectivity index (χ1v) is 6.14. The SMILES string of the molecule is CCS[C@H]1OC[C@@H](OC)[C@@H](OC)[C@@H]1OC. The van der Waals surface area contributed by atoms with Crippen LogP contribution in [0.2, 0.25) is 0 Å². The van der Waals surface area contributed by atoms with Gasteiger partial charge in [-0.2, -0.15) is 0 Å². The molecular weight excluding hydrogens is 216 g/mol. The third-order valence-electron chi connectivity index (χ3n) is 2.56. The molecule has 1 aliphatic rings. The Hall–Kier alpha value is 0.190. The van der Waals surface area contributed by atoms with Gasteiger partial charge in [-0.25, -0.2) is 0 Å². The Kier molecular flexibility index (Phi) is 5.92. The van der Waals surface area contributed by atoms with Crippen molar-refractivity contribution in [2.24, 2.45) is 0 Å². The van der Waals surface area contributed by atoms with E-state index < -0.39 is 0 Å². The second kappa shape index (κ2) is 6.70. The fraction of sp³-hybridized carbons (Fsp3) is 1.00. The first-order valence-electron chi connectivity index (χ1n) is 5.10. The molecule has 1 aliphatic heterocycles. The van der Waals surface area contributed by atoms with Crippen LogP contribution in [-0.4, -0.2) is 57.4 Å². The summed E-state index contributed by atoms with van der Waals surface area (Å²) in [6.45, 7) is 2.66. The second-order valence-electron chi connectivity index (χ2n) is 3.33. The van der Waals surface area contributed by atoms with Gasteiger partial charge in [0.05, 0.1) is 6.61 Å². The zero-order valence-electron chi connectivity index (χ0n) is 9.76. The van der Waals surface area contributed by atoms with E-state index in [0.717, 1.165) is 5.75 Å². The van der Waals surface area contributed by atoms with Crippen molar-refractivity contribution in [2.75, 3.05) is 33.7 Å². The van der Waals surface area contributed by atoms with Crippen LogP contribution in [0, 0.1) is 0 Å². The van der Waals surface area contributed by atoms with E-state index in [9.17, 15) is 0 Å². The second-order valence-corrected chi connectivity index (χ2v) is 4.71. The van der Waals surface area contributed by atoms with E-state index in [2.05, 4.69) is 6.92 Å². The topological polar surface area (TPSA) is 36.9 Å². The first-order chi connectivity index (χ1) is 7.28. The van der Waals surface area contributed by atoms with Gasteiger partial charge in [0.15, 0.2) is 0 Å². The fourth-order valence-electron chi connectivity index (χ4n) is 1.79. The van der Waals surface area contributed by atoms with Crippen molar-refractivity contribution in [1.29, 1.82) is 0 Å². The largest absolute Gasteiger partial charge is 0.376 e. The van der Waals surface area contributed by atoms with Gasteiger partial charge in [0.1, 0.15) is 23.7 Å². The lowest BCUT2D eigenvalue weighted by molar-refractivity contribution is -0.189. The highest BCUT2D eigenvalue weighted by Gasteiger charge is 2.41. The molecule has 1 rings (SSSR count). The Labute approximate surface area is 95.6 Å². The predicted molar refractivity (Wildman–Crippen MR) is 60.3 cm³/mol. The van der Waals surface area contributed by atoms with Crippen LogP contribution in [0.1, 0.15) is 6.92 Å². The molecule has 1 fully saturated rings. The monoisotopic (exact) mass is 236 g/mol. The zero-order chi connectivity index (χ0) is 11.3. The van der Waals surface area contributed by atoms with Gasteiger partial charge in [0.25, 0.3) is 0 Å². The predicted octanol–water partition coefficient (Wildman–Crippen LogP) is 1.14. The van der Waals surface area contributed by atoms with Crippen LogP contribution in [0.4, 0.5) is 0 Å². The number of ether oxygens (including phenoxy) is 4. The molecule has 1 saturated heterocycles. The summed E-state index contributed by atoms with van der Waals surface area (Å²) >= 11 is 1.73. The third-order valence-corrected chi connectivity index (χ3v) is 3.63. The number of rotatable bonds is 5. The van der Waals surface area contributed by atoms with Gasteiger partial charge in [-0.15, -0.1) is 11.8 Å². The normalized spacial score (nSPS) is 36.8. The molecule has 0 aromatic rings. The summed E-state index contributed by atoms with van der Waals surface area (Å²) in [6, 6.07) is 0. The molecule has 0 bridgehead atoms. The standard InChI is InChI=1S/C10H20O4S/c1-5-15-10-9(13-4)8(12-3)7(11-2)6-14-10/h7-10H,5-6H2,1-4H3/t7-,8-,9+,10-/m1/s1. The van der Waals surface area contributed by atoms with Crippen molar-refractivity contribution in [3.8, 4) is 0 Å². The average Bonchev–Trinajstić information content (AvgIpc) is 2.28. The van der Waals surface area contributed by atoms with Crippen molar-refractivity contribution in [3.05, 3.63) is 0 Å². The van der Waals surface area contributed by atoms with Crippen LogP contribution >= 0.6 is 11.8 Å². The Morgan fingerprint density at radius 3 is 2.27 bits per heavy atom. The van der Waals surface area contributed by atoms with E-state index in [0.29, 0.717) is 6.61 Å². The van der Waals surface area contributed by atoms with Gasteiger partial charge in [-0.3, -0.25) is 0 Å². The van der Waals surface area contributed by atoms with E-state index in [1.807, 2.05) is 0 Å². The van der Waals surface area contributed by atoms with Crippen molar-refractivity contribution in [1.82, 2.24) is 0 Å². The molecule has 0 aromatic heterocycles. The van der Waals surface area contributed by atoms with Crippen LogP contribution in [0.15, 0.2) is 0 Å². The molecule has 0 aromatic carbocycles. The molecule has 0 N–H and O–H groups in total. The summed E-state index contributed by atoms with van der Waals surface area (Å²) < 4.78 is 21.9. The number of methoxy groups -OCH3 is 3. The minimum atomic E-state index is -0.0707. The molecule has 0 saturated carbocycles. The molecule has 0 spiro atoms. The zero-order valence-corrected chi connectivity index (χ0v) is 10.6. The summed E-state index contributed by atoms with van der Waals surface area (Å²) in [5.74, 6) is 0.999.